The third-order valence-electron chi connectivity index (χ3n) is 11.6. The van der Waals surface area contributed by atoms with E-state index >= 15 is 0 Å². The summed E-state index contributed by atoms with van der Waals surface area (Å²) in [4.78, 5) is 0. The van der Waals surface area contributed by atoms with Crippen LogP contribution in [0.4, 0.5) is 0 Å². The first-order chi connectivity index (χ1) is 26.3. The van der Waals surface area contributed by atoms with Crippen molar-refractivity contribution in [2.75, 3.05) is 0 Å². The first-order valence-electron chi connectivity index (χ1n) is 18.3. The Balaban J connectivity index is 1.03. The van der Waals surface area contributed by atoms with Crippen LogP contribution in [0.3, 0.4) is 0 Å². The maximum Gasteiger partial charge on any atom is 0.0440 e. The van der Waals surface area contributed by atoms with Crippen molar-refractivity contribution in [2.45, 2.75) is 0 Å². The molecule has 1 aromatic heterocycles. The predicted molar refractivity (Wildman–Crippen MR) is 232 cm³/mol. The van der Waals surface area contributed by atoms with Crippen LogP contribution in [0.5, 0.6) is 0 Å². The highest BCUT2D eigenvalue weighted by molar-refractivity contribution is 7.27. The SMILES string of the molecule is c1ccc(-c2ccc(-c3ccc(-c4ccc5c(c4)c4ccccc4c4cc6c(cc54)sc4c5cccc7ccc8cccc(c64)c8c75)cc3)cc2)cc1. The number of hydrogen-bond donors (Lipinski definition) is 0. The summed E-state index contributed by atoms with van der Waals surface area (Å²) < 4.78 is 2.73. The quantitative estimate of drug-likeness (QED) is 0.162. The smallest absolute Gasteiger partial charge is 0.0440 e. The fourth-order valence-corrected chi connectivity index (χ4v) is 10.3. The molecule has 0 atom stereocenters. The van der Waals surface area contributed by atoms with Gasteiger partial charge in [-0.2, -0.15) is 0 Å². The molecule has 0 nitrogen and oxygen atoms in total. The molecule has 0 unspecified atom stereocenters. The van der Waals surface area contributed by atoms with Gasteiger partial charge in [-0.05, 0) is 111 Å². The van der Waals surface area contributed by atoms with Crippen LogP contribution >= 0.6 is 11.3 Å². The van der Waals surface area contributed by atoms with Crippen molar-refractivity contribution >= 4 is 96.1 Å². The van der Waals surface area contributed by atoms with Gasteiger partial charge in [0.1, 0.15) is 0 Å². The summed E-state index contributed by atoms with van der Waals surface area (Å²) >= 11 is 1.95. The van der Waals surface area contributed by atoms with Crippen molar-refractivity contribution in [2.24, 2.45) is 0 Å². The highest BCUT2D eigenvalue weighted by atomic mass is 32.1. The Morgan fingerprint density at radius 3 is 1.38 bits per heavy atom. The minimum Gasteiger partial charge on any atom is -0.134 e. The van der Waals surface area contributed by atoms with E-state index in [2.05, 4.69) is 182 Å². The van der Waals surface area contributed by atoms with Crippen LogP contribution in [-0.4, -0.2) is 0 Å². The van der Waals surface area contributed by atoms with Crippen LogP contribution in [0.1, 0.15) is 0 Å². The van der Waals surface area contributed by atoms with Gasteiger partial charge in [0, 0.05) is 25.6 Å². The minimum absolute atomic E-state index is 1.23. The molecule has 0 saturated heterocycles. The van der Waals surface area contributed by atoms with Crippen molar-refractivity contribution < 1.29 is 0 Å². The fraction of sp³-hybridized carbons (Fsp3) is 0. The van der Waals surface area contributed by atoms with Crippen molar-refractivity contribution in [1.29, 1.82) is 0 Å². The van der Waals surface area contributed by atoms with E-state index in [-0.39, 0.29) is 0 Å². The highest BCUT2D eigenvalue weighted by Gasteiger charge is 2.19. The number of benzene rings is 11. The van der Waals surface area contributed by atoms with Gasteiger partial charge in [0.05, 0.1) is 0 Å². The Morgan fingerprint density at radius 1 is 0.245 bits per heavy atom. The molecule has 0 spiro atoms. The maximum atomic E-state index is 2.49. The second-order valence-corrected chi connectivity index (χ2v) is 15.5. The molecule has 11 aromatic carbocycles. The summed E-state index contributed by atoms with van der Waals surface area (Å²) in [6.45, 7) is 0. The zero-order valence-electron chi connectivity index (χ0n) is 28.7. The van der Waals surface area contributed by atoms with E-state index in [1.54, 1.807) is 0 Å². The standard InChI is InChI=1S/C52H30S/c1-2-8-31(9-3-1)32-16-18-33(19-17-32)34-20-22-35(23-21-34)38-26-27-41-44(28-38)39-12-4-5-13-40(39)45-29-47-48(30-46(41)45)53-52-43-15-7-11-37-25-24-36-10-6-14-42(51(47)52)49(36)50(37)43/h1-30H. The molecule has 1 heterocycles. The molecule has 244 valence electrons. The predicted octanol–water partition coefficient (Wildman–Crippen LogP) is 15.4. The first kappa shape index (κ1) is 29.1. The van der Waals surface area contributed by atoms with Crippen LogP contribution in [0.15, 0.2) is 182 Å². The van der Waals surface area contributed by atoms with Crippen molar-refractivity contribution in [3.63, 3.8) is 0 Å². The lowest BCUT2D eigenvalue weighted by Crippen LogP contribution is -1.86. The molecule has 1 heteroatoms. The molecule has 0 aliphatic carbocycles. The van der Waals surface area contributed by atoms with Crippen molar-refractivity contribution in [1.82, 2.24) is 0 Å². The summed E-state index contributed by atoms with van der Waals surface area (Å²) in [6.07, 6.45) is 0. The van der Waals surface area contributed by atoms with E-state index in [0.717, 1.165) is 0 Å². The number of fused-ring (bicyclic) bond motifs is 11. The van der Waals surface area contributed by atoms with Gasteiger partial charge in [0.25, 0.3) is 0 Å². The molecule has 0 fully saturated rings. The molecular formula is C52H30S. The van der Waals surface area contributed by atoms with Gasteiger partial charge < -0.3 is 0 Å². The highest BCUT2D eigenvalue weighted by Crippen LogP contribution is 2.49. The van der Waals surface area contributed by atoms with Crippen LogP contribution in [-0.2, 0) is 0 Å². The van der Waals surface area contributed by atoms with Gasteiger partial charge in [0.15, 0.2) is 0 Å². The van der Waals surface area contributed by atoms with E-state index in [4.69, 9.17) is 0 Å². The van der Waals surface area contributed by atoms with Gasteiger partial charge in [-0.3, -0.25) is 0 Å². The fourth-order valence-electron chi connectivity index (χ4n) is 9.07. The molecule has 0 aliphatic rings. The van der Waals surface area contributed by atoms with E-state index < -0.39 is 0 Å². The summed E-state index contributed by atoms with van der Waals surface area (Å²) in [5, 5.41) is 18.7. The Labute approximate surface area is 310 Å². The number of thiophene rings is 1. The molecule has 0 radical (unpaired) electrons. The third-order valence-corrected chi connectivity index (χ3v) is 12.8. The Kier molecular flexibility index (Phi) is 6.03. The lowest BCUT2D eigenvalue weighted by molar-refractivity contribution is 1.58. The van der Waals surface area contributed by atoms with E-state index in [1.807, 2.05) is 11.3 Å². The van der Waals surface area contributed by atoms with Crippen molar-refractivity contribution in [3.8, 4) is 33.4 Å². The Hall–Kier alpha value is -6.54. The lowest BCUT2D eigenvalue weighted by Gasteiger charge is -2.14. The zero-order chi connectivity index (χ0) is 34.6. The van der Waals surface area contributed by atoms with Gasteiger partial charge in [-0.25, -0.2) is 0 Å². The zero-order valence-corrected chi connectivity index (χ0v) is 29.5. The number of hydrogen-bond acceptors (Lipinski definition) is 1. The number of rotatable bonds is 3. The second-order valence-electron chi connectivity index (χ2n) is 14.4. The lowest BCUT2D eigenvalue weighted by atomic mass is 9.89. The third kappa shape index (κ3) is 4.23. The van der Waals surface area contributed by atoms with E-state index in [9.17, 15) is 0 Å². The Morgan fingerprint density at radius 2 is 0.717 bits per heavy atom. The van der Waals surface area contributed by atoms with Crippen LogP contribution in [0.2, 0.25) is 0 Å². The average molecular weight is 687 g/mol. The van der Waals surface area contributed by atoms with Gasteiger partial charge in [0.2, 0.25) is 0 Å². The van der Waals surface area contributed by atoms with Crippen LogP contribution in [0.25, 0.3) is 118 Å². The molecular weight excluding hydrogens is 657 g/mol. The molecule has 0 aliphatic heterocycles. The van der Waals surface area contributed by atoms with Crippen LogP contribution in [0, 0.1) is 0 Å². The monoisotopic (exact) mass is 686 g/mol. The maximum absolute atomic E-state index is 2.49. The summed E-state index contributed by atoms with van der Waals surface area (Å²) in [5.41, 5.74) is 7.40. The molecule has 0 amide bonds. The van der Waals surface area contributed by atoms with E-state index in [1.165, 1.54) is 118 Å². The summed E-state index contributed by atoms with van der Waals surface area (Å²) in [6, 6.07) is 67.7. The normalized spacial score (nSPS) is 12.2. The van der Waals surface area contributed by atoms with Crippen LogP contribution < -0.4 is 0 Å². The van der Waals surface area contributed by atoms with Crippen molar-refractivity contribution in [3.05, 3.63) is 182 Å². The largest absolute Gasteiger partial charge is 0.134 e. The van der Waals surface area contributed by atoms with Gasteiger partial charge in [-0.1, -0.05) is 164 Å². The summed E-state index contributed by atoms with van der Waals surface area (Å²) in [7, 11) is 0. The second kappa shape index (κ2) is 11.0. The van der Waals surface area contributed by atoms with E-state index in [0.29, 0.717) is 0 Å². The first-order valence-corrected chi connectivity index (χ1v) is 19.1. The summed E-state index contributed by atoms with van der Waals surface area (Å²) in [5.74, 6) is 0. The molecule has 0 N–H and O–H groups in total. The molecule has 12 aromatic rings. The molecule has 0 saturated carbocycles. The Bertz CT molecular complexity index is 3400. The average Bonchev–Trinajstić information content (AvgIpc) is 3.62. The van der Waals surface area contributed by atoms with Gasteiger partial charge in [-0.15, -0.1) is 11.3 Å². The topological polar surface area (TPSA) is 0 Å². The molecule has 12 rings (SSSR count). The molecule has 0 bridgehead atoms. The van der Waals surface area contributed by atoms with Gasteiger partial charge >= 0.3 is 0 Å². The molecule has 53 heavy (non-hydrogen) atoms. The minimum atomic E-state index is 1.23.